The molecule has 0 aromatic rings. The molecule has 0 aromatic carbocycles. The Morgan fingerprint density at radius 1 is 1.47 bits per heavy atom. The van der Waals surface area contributed by atoms with Gasteiger partial charge in [-0.25, -0.2) is 0 Å². The van der Waals surface area contributed by atoms with Gasteiger partial charge in [0.25, 0.3) is 0 Å². The van der Waals surface area contributed by atoms with Crippen molar-refractivity contribution in [1.29, 1.82) is 5.26 Å². The third kappa shape index (κ3) is 5.49. The van der Waals surface area contributed by atoms with Crippen LogP contribution in [0.1, 0.15) is 20.3 Å². The highest BCUT2D eigenvalue weighted by Crippen LogP contribution is 2.19. The summed E-state index contributed by atoms with van der Waals surface area (Å²) < 4.78 is 0. The smallest absolute Gasteiger partial charge is 0.0638 e. The fourth-order valence-corrected chi connectivity index (χ4v) is 2.28. The first-order chi connectivity index (χ1) is 7.93. The van der Waals surface area contributed by atoms with Gasteiger partial charge in [0, 0.05) is 38.8 Å². The molecule has 98 valence electrons. The molecule has 1 fully saturated rings. The van der Waals surface area contributed by atoms with Gasteiger partial charge in [-0.3, -0.25) is 4.90 Å². The molecule has 1 aliphatic heterocycles. The normalized spacial score (nSPS) is 25.5. The summed E-state index contributed by atoms with van der Waals surface area (Å²) in [5, 5.41) is 12.3. The van der Waals surface area contributed by atoms with Crippen molar-refractivity contribution in [2.75, 3.05) is 46.8 Å². The number of likely N-dealkylation sites (N-methyl/N-ethyl adjacent to an activating group) is 1. The van der Waals surface area contributed by atoms with E-state index in [1.54, 1.807) is 0 Å². The van der Waals surface area contributed by atoms with Crippen LogP contribution in [0.25, 0.3) is 0 Å². The summed E-state index contributed by atoms with van der Waals surface area (Å²) in [6, 6.07) is 2.60. The molecule has 1 heterocycles. The second-order valence-corrected chi connectivity index (χ2v) is 6.14. The van der Waals surface area contributed by atoms with Gasteiger partial charge in [0.05, 0.1) is 12.5 Å². The number of hydrogen-bond donors (Lipinski definition) is 1. The van der Waals surface area contributed by atoms with Crippen molar-refractivity contribution in [3.63, 3.8) is 0 Å². The maximum Gasteiger partial charge on any atom is 0.0638 e. The summed E-state index contributed by atoms with van der Waals surface area (Å²) in [6.45, 7) is 9.84. The maximum atomic E-state index is 8.83. The van der Waals surface area contributed by atoms with Crippen molar-refractivity contribution in [2.45, 2.75) is 26.3 Å². The van der Waals surface area contributed by atoms with Gasteiger partial charge in [-0.2, -0.15) is 5.26 Å². The van der Waals surface area contributed by atoms with E-state index in [4.69, 9.17) is 5.26 Å². The van der Waals surface area contributed by atoms with Crippen LogP contribution in [0.4, 0.5) is 0 Å². The Hall–Kier alpha value is -0.630. The molecule has 0 amide bonds. The molecular weight excluding hydrogens is 212 g/mol. The van der Waals surface area contributed by atoms with Gasteiger partial charge in [-0.1, -0.05) is 13.8 Å². The largest absolute Gasteiger partial charge is 0.311 e. The molecule has 0 spiro atoms. The molecule has 0 aromatic heterocycles. The summed E-state index contributed by atoms with van der Waals surface area (Å²) in [6.07, 6.45) is 0.606. The minimum Gasteiger partial charge on any atom is -0.311 e. The third-order valence-corrected chi connectivity index (χ3v) is 3.20. The van der Waals surface area contributed by atoms with Crippen molar-refractivity contribution >= 4 is 0 Å². The Balaban J connectivity index is 2.56. The average molecular weight is 238 g/mol. The molecule has 0 saturated carbocycles. The number of rotatable bonds is 4. The SMILES string of the molecule is CN(C)CCN1CC(CC#N)NCC(C)(C)C1. The minimum atomic E-state index is 0.288. The van der Waals surface area contributed by atoms with E-state index < -0.39 is 0 Å². The molecule has 1 saturated heterocycles. The lowest BCUT2D eigenvalue weighted by molar-refractivity contribution is 0.185. The Morgan fingerprint density at radius 2 is 2.18 bits per heavy atom. The molecule has 1 aliphatic rings. The summed E-state index contributed by atoms with van der Waals surface area (Å²) in [4.78, 5) is 4.70. The second kappa shape index (κ2) is 6.34. The molecule has 0 bridgehead atoms. The van der Waals surface area contributed by atoms with Crippen molar-refractivity contribution in [1.82, 2.24) is 15.1 Å². The van der Waals surface area contributed by atoms with Crippen LogP contribution < -0.4 is 5.32 Å². The van der Waals surface area contributed by atoms with Crippen LogP contribution in [0.15, 0.2) is 0 Å². The zero-order valence-electron chi connectivity index (χ0n) is 11.7. The average Bonchev–Trinajstić information content (AvgIpc) is 2.35. The van der Waals surface area contributed by atoms with Gasteiger partial charge in [0.2, 0.25) is 0 Å². The van der Waals surface area contributed by atoms with Gasteiger partial charge in [0.15, 0.2) is 0 Å². The van der Waals surface area contributed by atoms with Crippen LogP contribution >= 0.6 is 0 Å². The summed E-state index contributed by atoms with van der Waals surface area (Å²) >= 11 is 0. The Labute approximate surface area is 106 Å². The minimum absolute atomic E-state index is 0.288. The molecule has 4 nitrogen and oxygen atoms in total. The number of nitrogens with zero attached hydrogens (tertiary/aromatic N) is 3. The van der Waals surface area contributed by atoms with Crippen LogP contribution in [0, 0.1) is 16.7 Å². The quantitative estimate of drug-likeness (QED) is 0.785. The number of nitrogens with one attached hydrogen (secondary N) is 1. The molecule has 4 heteroatoms. The number of nitriles is 1. The lowest BCUT2D eigenvalue weighted by atomic mass is 9.93. The monoisotopic (exact) mass is 238 g/mol. The van der Waals surface area contributed by atoms with Gasteiger partial charge >= 0.3 is 0 Å². The van der Waals surface area contributed by atoms with Gasteiger partial charge in [0.1, 0.15) is 0 Å². The first kappa shape index (κ1) is 14.4. The molecule has 1 unspecified atom stereocenters. The second-order valence-electron chi connectivity index (χ2n) is 6.14. The molecule has 17 heavy (non-hydrogen) atoms. The molecule has 1 N–H and O–H groups in total. The molecule has 1 rings (SSSR count). The highest BCUT2D eigenvalue weighted by Gasteiger charge is 2.28. The third-order valence-electron chi connectivity index (χ3n) is 3.20. The highest BCUT2D eigenvalue weighted by atomic mass is 15.2. The first-order valence-corrected chi connectivity index (χ1v) is 6.40. The summed E-state index contributed by atoms with van der Waals surface area (Å²) in [7, 11) is 4.21. The van der Waals surface area contributed by atoms with E-state index in [0.717, 1.165) is 32.7 Å². The maximum absolute atomic E-state index is 8.83. The van der Waals surface area contributed by atoms with Gasteiger partial charge < -0.3 is 10.2 Å². The fourth-order valence-electron chi connectivity index (χ4n) is 2.28. The van der Waals surface area contributed by atoms with Crippen LogP contribution in [-0.4, -0.2) is 62.7 Å². The number of hydrogen-bond acceptors (Lipinski definition) is 4. The van der Waals surface area contributed by atoms with E-state index in [2.05, 4.69) is 49.1 Å². The van der Waals surface area contributed by atoms with Crippen LogP contribution in [-0.2, 0) is 0 Å². The molecular formula is C13H26N4. The lowest BCUT2D eigenvalue weighted by Crippen LogP contribution is -2.40. The predicted octanol–water partition coefficient (Wildman–Crippen LogP) is 0.762. The Bertz CT molecular complexity index is 267. The van der Waals surface area contributed by atoms with Crippen LogP contribution in [0.3, 0.4) is 0 Å². The molecule has 0 aliphatic carbocycles. The van der Waals surface area contributed by atoms with E-state index >= 15 is 0 Å². The van der Waals surface area contributed by atoms with Crippen molar-refractivity contribution in [3.05, 3.63) is 0 Å². The van der Waals surface area contributed by atoms with Gasteiger partial charge in [-0.15, -0.1) is 0 Å². The first-order valence-electron chi connectivity index (χ1n) is 6.40. The molecule has 0 radical (unpaired) electrons. The summed E-state index contributed by atoms with van der Waals surface area (Å²) in [5.74, 6) is 0. The van der Waals surface area contributed by atoms with Crippen LogP contribution in [0.2, 0.25) is 0 Å². The standard InChI is InChI=1S/C13H26N4/c1-13(2)10-15-12(5-6-14)9-17(11-13)8-7-16(3)4/h12,15H,5,7-11H2,1-4H3. The van der Waals surface area contributed by atoms with E-state index in [9.17, 15) is 0 Å². The Kier molecular flexibility index (Phi) is 5.38. The predicted molar refractivity (Wildman–Crippen MR) is 70.8 cm³/mol. The zero-order chi connectivity index (χ0) is 12.9. The Morgan fingerprint density at radius 3 is 2.76 bits per heavy atom. The summed E-state index contributed by atoms with van der Waals surface area (Å²) in [5.41, 5.74) is 0.288. The lowest BCUT2D eigenvalue weighted by Gasteiger charge is -2.29. The van der Waals surface area contributed by atoms with Crippen LogP contribution in [0.5, 0.6) is 0 Å². The van der Waals surface area contributed by atoms with Gasteiger partial charge in [-0.05, 0) is 19.5 Å². The van der Waals surface area contributed by atoms with Crippen molar-refractivity contribution < 1.29 is 0 Å². The fraction of sp³-hybridized carbons (Fsp3) is 0.923. The highest BCUT2D eigenvalue weighted by molar-refractivity contribution is 4.90. The van der Waals surface area contributed by atoms with E-state index in [-0.39, 0.29) is 5.41 Å². The topological polar surface area (TPSA) is 42.3 Å². The van der Waals surface area contributed by atoms with Crippen molar-refractivity contribution in [3.8, 4) is 6.07 Å². The van der Waals surface area contributed by atoms with E-state index in [0.29, 0.717) is 12.5 Å². The zero-order valence-corrected chi connectivity index (χ0v) is 11.7. The van der Waals surface area contributed by atoms with E-state index in [1.165, 1.54) is 0 Å². The van der Waals surface area contributed by atoms with E-state index in [1.807, 2.05) is 0 Å². The molecule has 1 atom stereocenters. The van der Waals surface area contributed by atoms with Crippen molar-refractivity contribution in [2.24, 2.45) is 5.41 Å².